The molecule has 0 heterocycles. The number of aryl methyl sites for hydroxylation is 1. The fourth-order valence-corrected chi connectivity index (χ4v) is 3.38. The van der Waals surface area contributed by atoms with Crippen LogP contribution in [0.3, 0.4) is 0 Å². The van der Waals surface area contributed by atoms with Gasteiger partial charge in [-0.1, -0.05) is 63.8 Å². The Hall–Kier alpha value is -0.820. The lowest BCUT2D eigenvalue weighted by Crippen LogP contribution is -2.28. The van der Waals surface area contributed by atoms with Crippen LogP contribution in [-0.4, -0.2) is 6.54 Å². The van der Waals surface area contributed by atoms with Gasteiger partial charge in [0.1, 0.15) is 0 Å². The Kier molecular flexibility index (Phi) is 5.91. The molecule has 19 heavy (non-hydrogen) atoms. The molecule has 1 aromatic rings. The lowest BCUT2D eigenvalue weighted by molar-refractivity contribution is 0.330. The smallest absolute Gasteiger partial charge is 0.0348 e. The Balaban J connectivity index is 2.12. The fourth-order valence-electron chi connectivity index (χ4n) is 3.38. The molecule has 0 aliphatic heterocycles. The first-order valence-electron chi connectivity index (χ1n) is 8.17. The van der Waals surface area contributed by atoms with Gasteiger partial charge in [-0.05, 0) is 42.9 Å². The van der Waals surface area contributed by atoms with Gasteiger partial charge >= 0.3 is 0 Å². The quantitative estimate of drug-likeness (QED) is 0.744. The predicted octanol–water partition coefficient (Wildman–Crippen LogP) is 4.87. The third kappa shape index (κ3) is 4.07. The van der Waals surface area contributed by atoms with Crippen molar-refractivity contribution in [2.45, 2.75) is 64.8 Å². The number of benzene rings is 1. The van der Waals surface area contributed by atoms with Crippen molar-refractivity contribution in [1.82, 2.24) is 5.32 Å². The fraction of sp³-hybridized carbons (Fsp3) is 0.667. The maximum absolute atomic E-state index is 3.73. The van der Waals surface area contributed by atoms with E-state index in [0.29, 0.717) is 6.04 Å². The van der Waals surface area contributed by atoms with Crippen LogP contribution in [0.15, 0.2) is 24.3 Å². The van der Waals surface area contributed by atoms with Crippen LogP contribution in [0.2, 0.25) is 0 Å². The van der Waals surface area contributed by atoms with Crippen LogP contribution in [0, 0.1) is 5.92 Å². The van der Waals surface area contributed by atoms with Crippen LogP contribution in [-0.2, 0) is 6.42 Å². The highest BCUT2D eigenvalue weighted by atomic mass is 14.9. The van der Waals surface area contributed by atoms with E-state index in [4.69, 9.17) is 0 Å². The van der Waals surface area contributed by atoms with Crippen molar-refractivity contribution in [3.05, 3.63) is 35.4 Å². The van der Waals surface area contributed by atoms with Crippen LogP contribution in [0.25, 0.3) is 0 Å². The first kappa shape index (κ1) is 14.6. The van der Waals surface area contributed by atoms with Crippen LogP contribution in [0.5, 0.6) is 0 Å². The van der Waals surface area contributed by atoms with E-state index in [-0.39, 0.29) is 0 Å². The zero-order valence-electron chi connectivity index (χ0n) is 12.6. The summed E-state index contributed by atoms with van der Waals surface area (Å²) in [4.78, 5) is 0. The summed E-state index contributed by atoms with van der Waals surface area (Å²) >= 11 is 0. The van der Waals surface area contributed by atoms with E-state index >= 15 is 0 Å². The van der Waals surface area contributed by atoms with Gasteiger partial charge in [0.15, 0.2) is 0 Å². The van der Waals surface area contributed by atoms with Gasteiger partial charge in [0.25, 0.3) is 0 Å². The van der Waals surface area contributed by atoms with Gasteiger partial charge in [-0.15, -0.1) is 0 Å². The Morgan fingerprint density at radius 3 is 2.16 bits per heavy atom. The first-order chi connectivity index (χ1) is 9.35. The molecule has 1 fully saturated rings. The van der Waals surface area contributed by atoms with Crippen LogP contribution in [0.4, 0.5) is 0 Å². The number of hydrogen-bond acceptors (Lipinski definition) is 1. The highest BCUT2D eigenvalue weighted by Gasteiger charge is 2.23. The average Bonchev–Trinajstić information content (AvgIpc) is 2.74. The molecular formula is C18H29N. The molecule has 1 saturated carbocycles. The molecule has 1 heteroatoms. The molecule has 1 aliphatic rings. The summed E-state index contributed by atoms with van der Waals surface area (Å²) in [6, 6.07) is 9.86. The third-order valence-electron chi connectivity index (χ3n) is 4.54. The Morgan fingerprint density at radius 2 is 1.63 bits per heavy atom. The Labute approximate surface area is 118 Å². The molecule has 0 amide bonds. The van der Waals surface area contributed by atoms with Crippen molar-refractivity contribution in [3.63, 3.8) is 0 Å². The highest BCUT2D eigenvalue weighted by molar-refractivity contribution is 5.25. The van der Waals surface area contributed by atoms with Gasteiger partial charge in [0.05, 0.1) is 0 Å². The van der Waals surface area contributed by atoms with E-state index in [0.717, 1.165) is 18.9 Å². The summed E-state index contributed by atoms with van der Waals surface area (Å²) in [5.41, 5.74) is 2.94. The summed E-state index contributed by atoms with van der Waals surface area (Å²) in [5, 5.41) is 3.73. The van der Waals surface area contributed by atoms with Crippen molar-refractivity contribution in [1.29, 1.82) is 0 Å². The van der Waals surface area contributed by atoms with Gasteiger partial charge in [0.2, 0.25) is 0 Å². The number of hydrogen-bond donors (Lipinski definition) is 1. The summed E-state index contributed by atoms with van der Waals surface area (Å²) in [6.07, 6.45) is 9.63. The third-order valence-corrected chi connectivity index (χ3v) is 4.54. The second-order valence-electron chi connectivity index (χ2n) is 5.88. The van der Waals surface area contributed by atoms with Crippen molar-refractivity contribution >= 4 is 0 Å². The van der Waals surface area contributed by atoms with Crippen molar-refractivity contribution in [2.24, 2.45) is 5.92 Å². The summed E-state index contributed by atoms with van der Waals surface area (Å²) in [5.74, 6) is 0.829. The van der Waals surface area contributed by atoms with E-state index in [1.54, 1.807) is 0 Å². The zero-order valence-corrected chi connectivity index (χ0v) is 12.6. The SMILES string of the molecule is CCNC(c1ccc(CC)cc1)C1CCCCCC1. The zero-order chi connectivity index (χ0) is 13.5. The minimum Gasteiger partial charge on any atom is -0.310 e. The number of nitrogens with one attached hydrogen (secondary N) is 1. The van der Waals surface area contributed by atoms with Crippen LogP contribution >= 0.6 is 0 Å². The van der Waals surface area contributed by atoms with E-state index < -0.39 is 0 Å². The molecule has 0 spiro atoms. The highest BCUT2D eigenvalue weighted by Crippen LogP contribution is 2.33. The maximum atomic E-state index is 3.73. The summed E-state index contributed by atoms with van der Waals surface area (Å²) in [6.45, 7) is 5.52. The molecule has 1 aliphatic carbocycles. The average molecular weight is 259 g/mol. The van der Waals surface area contributed by atoms with Gasteiger partial charge in [-0.25, -0.2) is 0 Å². The molecule has 1 unspecified atom stereocenters. The predicted molar refractivity (Wildman–Crippen MR) is 83.4 cm³/mol. The van der Waals surface area contributed by atoms with Gasteiger partial charge < -0.3 is 5.32 Å². The first-order valence-corrected chi connectivity index (χ1v) is 8.17. The van der Waals surface area contributed by atoms with Crippen molar-refractivity contribution in [3.8, 4) is 0 Å². The summed E-state index contributed by atoms with van der Waals surface area (Å²) in [7, 11) is 0. The molecule has 0 saturated heterocycles. The molecule has 0 aromatic heterocycles. The molecule has 0 radical (unpaired) electrons. The largest absolute Gasteiger partial charge is 0.310 e. The molecule has 2 rings (SSSR count). The normalized spacial score (nSPS) is 19.1. The molecule has 106 valence electrons. The topological polar surface area (TPSA) is 12.0 Å². The standard InChI is InChI=1S/C18H29N/c1-3-15-11-13-17(14-12-15)18(19-4-2)16-9-7-5-6-8-10-16/h11-14,16,18-19H,3-10H2,1-2H3. The molecule has 0 bridgehead atoms. The second-order valence-corrected chi connectivity index (χ2v) is 5.88. The maximum Gasteiger partial charge on any atom is 0.0348 e. The van der Waals surface area contributed by atoms with E-state index in [9.17, 15) is 0 Å². The lowest BCUT2D eigenvalue weighted by atomic mass is 9.86. The van der Waals surface area contributed by atoms with Crippen molar-refractivity contribution < 1.29 is 0 Å². The second kappa shape index (κ2) is 7.69. The molecule has 1 nitrogen and oxygen atoms in total. The van der Waals surface area contributed by atoms with Crippen LogP contribution < -0.4 is 5.32 Å². The Bertz CT molecular complexity index is 346. The minimum absolute atomic E-state index is 0.564. The number of rotatable bonds is 5. The summed E-state index contributed by atoms with van der Waals surface area (Å²) < 4.78 is 0. The van der Waals surface area contributed by atoms with E-state index in [2.05, 4.69) is 43.4 Å². The van der Waals surface area contributed by atoms with Gasteiger partial charge in [0, 0.05) is 6.04 Å². The van der Waals surface area contributed by atoms with Gasteiger partial charge in [-0.2, -0.15) is 0 Å². The molecule has 1 N–H and O–H groups in total. The minimum atomic E-state index is 0.564. The molecule has 1 atom stereocenters. The van der Waals surface area contributed by atoms with Gasteiger partial charge in [-0.3, -0.25) is 0 Å². The Morgan fingerprint density at radius 1 is 1.00 bits per heavy atom. The monoisotopic (exact) mass is 259 g/mol. The van der Waals surface area contributed by atoms with E-state index in [1.807, 2.05) is 0 Å². The van der Waals surface area contributed by atoms with Crippen molar-refractivity contribution in [2.75, 3.05) is 6.54 Å². The lowest BCUT2D eigenvalue weighted by Gasteiger charge is -2.27. The molecular weight excluding hydrogens is 230 g/mol. The van der Waals surface area contributed by atoms with E-state index in [1.165, 1.54) is 49.7 Å². The van der Waals surface area contributed by atoms with Crippen LogP contribution in [0.1, 0.15) is 69.5 Å². The molecule has 1 aromatic carbocycles.